The van der Waals surface area contributed by atoms with Crippen molar-refractivity contribution in [2.45, 2.75) is 71.3 Å². The molecular formula is C24H35NO3. The fourth-order valence-corrected chi connectivity index (χ4v) is 6.57. The van der Waals surface area contributed by atoms with Gasteiger partial charge < -0.3 is 9.57 Å². The van der Waals surface area contributed by atoms with Gasteiger partial charge in [-0.15, -0.1) is 0 Å². The molecule has 2 N–H and O–H groups in total. The van der Waals surface area contributed by atoms with Crippen LogP contribution in [0.15, 0.2) is 35.5 Å². The van der Waals surface area contributed by atoms with E-state index in [9.17, 15) is 4.79 Å². The third-order valence-electron chi connectivity index (χ3n) is 8.18. The number of ether oxygens (including phenoxy) is 1. The Labute approximate surface area is 169 Å². The number of fused-ring (bicyclic) bond motifs is 6. The lowest BCUT2D eigenvalue weighted by atomic mass is 9.54. The van der Waals surface area contributed by atoms with E-state index in [0.29, 0.717) is 37.3 Å². The van der Waals surface area contributed by atoms with E-state index in [1.165, 1.54) is 12.0 Å². The molecule has 0 aromatic heterocycles. The Hall–Kier alpha value is -1.23. The summed E-state index contributed by atoms with van der Waals surface area (Å²) in [7, 11) is 0. The zero-order valence-electron chi connectivity index (χ0n) is 17.4. The van der Waals surface area contributed by atoms with Gasteiger partial charge in [0.05, 0.1) is 19.3 Å². The largest absolute Gasteiger partial charge is 0.373 e. The van der Waals surface area contributed by atoms with Gasteiger partial charge in [-0.1, -0.05) is 36.3 Å². The molecule has 2 fully saturated rings. The molecule has 0 heterocycles. The third-order valence-corrected chi connectivity index (χ3v) is 8.18. The fourth-order valence-electron chi connectivity index (χ4n) is 6.57. The molecule has 0 spiro atoms. The molecule has 0 saturated heterocycles. The van der Waals surface area contributed by atoms with Crippen LogP contribution >= 0.6 is 0 Å². The van der Waals surface area contributed by atoms with E-state index in [2.05, 4.69) is 19.1 Å². The maximum atomic E-state index is 12.0. The summed E-state index contributed by atoms with van der Waals surface area (Å²) < 4.78 is 6.32. The van der Waals surface area contributed by atoms with E-state index in [-0.39, 0.29) is 16.9 Å². The van der Waals surface area contributed by atoms with Gasteiger partial charge >= 0.3 is 0 Å². The molecule has 4 aliphatic carbocycles. The maximum absolute atomic E-state index is 12.0. The molecule has 4 heteroatoms. The number of allylic oxidation sites excluding steroid dienone is 5. The van der Waals surface area contributed by atoms with Crippen LogP contribution in [0.25, 0.3) is 0 Å². The first-order chi connectivity index (χ1) is 13.5. The van der Waals surface area contributed by atoms with Crippen LogP contribution in [-0.4, -0.2) is 25.1 Å². The summed E-state index contributed by atoms with van der Waals surface area (Å²) in [6, 6.07) is 0. The minimum atomic E-state index is -0.0407. The number of hydrogen-bond acceptors (Lipinski definition) is 4. The lowest BCUT2D eigenvalue weighted by Crippen LogP contribution is -2.49. The smallest absolute Gasteiger partial charge is 0.155 e. The zero-order chi connectivity index (χ0) is 19.8. The van der Waals surface area contributed by atoms with Crippen molar-refractivity contribution in [1.82, 2.24) is 0 Å². The summed E-state index contributed by atoms with van der Waals surface area (Å²) >= 11 is 0. The second-order valence-corrected chi connectivity index (χ2v) is 9.60. The number of rotatable bonds is 5. The van der Waals surface area contributed by atoms with Crippen molar-refractivity contribution in [1.29, 1.82) is 0 Å². The van der Waals surface area contributed by atoms with Gasteiger partial charge in [0.1, 0.15) is 0 Å². The van der Waals surface area contributed by atoms with Crippen LogP contribution in [-0.2, 0) is 14.4 Å². The number of carbonyl (C=O) groups excluding carboxylic acids is 1. The highest BCUT2D eigenvalue weighted by Crippen LogP contribution is 2.61. The Morgan fingerprint density at radius 2 is 2.14 bits per heavy atom. The van der Waals surface area contributed by atoms with Crippen LogP contribution in [0.3, 0.4) is 0 Å². The van der Waals surface area contributed by atoms with Gasteiger partial charge in [-0.3, -0.25) is 4.79 Å². The highest BCUT2D eigenvalue weighted by Gasteiger charge is 2.54. The molecule has 2 bridgehead atoms. The number of hydrogen-bond donors (Lipinski definition) is 1. The third kappa shape index (κ3) is 3.34. The van der Waals surface area contributed by atoms with E-state index < -0.39 is 0 Å². The first kappa shape index (κ1) is 20.1. The van der Waals surface area contributed by atoms with E-state index >= 15 is 0 Å². The van der Waals surface area contributed by atoms with Gasteiger partial charge in [-0.2, -0.15) is 0 Å². The molecule has 0 radical (unpaired) electrons. The van der Waals surface area contributed by atoms with Crippen LogP contribution in [0.4, 0.5) is 0 Å². The van der Waals surface area contributed by atoms with Crippen LogP contribution in [0.1, 0.15) is 65.2 Å². The summed E-state index contributed by atoms with van der Waals surface area (Å²) in [5, 5.41) is 0. The summed E-state index contributed by atoms with van der Waals surface area (Å²) in [6.45, 7) is 5.72. The molecular weight excluding hydrogens is 350 g/mol. The first-order valence-corrected chi connectivity index (χ1v) is 11.0. The second kappa shape index (κ2) is 7.89. The standard InChI is InChI=1S/C24H35NO3/c1-3-4-13-27-22-8-5-18-15-24(22,16-28-25)12-10-21-20-7-6-19(26)14-17(20)9-11-23(18,21)2/h3-4,10,14,18,20,22H,5-9,11-13,15-16,25H2,1-2H3/b4-3-. The van der Waals surface area contributed by atoms with Gasteiger partial charge in [-0.25, -0.2) is 5.90 Å². The molecule has 0 amide bonds. The zero-order valence-corrected chi connectivity index (χ0v) is 17.4. The van der Waals surface area contributed by atoms with Gasteiger partial charge in [-0.05, 0) is 69.3 Å². The van der Waals surface area contributed by atoms with Crippen LogP contribution in [0, 0.1) is 22.7 Å². The van der Waals surface area contributed by atoms with Gasteiger partial charge in [0.25, 0.3) is 0 Å². The first-order valence-electron chi connectivity index (χ1n) is 11.0. The molecule has 0 aliphatic heterocycles. The molecule has 0 aromatic rings. The van der Waals surface area contributed by atoms with Crippen LogP contribution in [0.2, 0.25) is 0 Å². The van der Waals surface area contributed by atoms with Crippen LogP contribution < -0.4 is 5.90 Å². The number of carbonyl (C=O) groups is 1. The normalized spacial score (nSPS) is 40.4. The molecule has 28 heavy (non-hydrogen) atoms. The average molecular weight is 386 g/mol. The minimum Gasteiger partial charge on any atom is -0.373 e. The Bertz CT molecular complexity index is 709. The molecule has 4 aliphatic rings. The molecule has 5 atom stereocenters. The topological polar surface area (TPSA) is 61.6 Å². The SMILES string of the molecule is C/C=C\COC1CCC2CC1(CON)CC=C1C3CCC(=O)C=C3CCC12C. The van der Waals surface area contributed by atoms with Gasteiger partial charge in [0.15, 0.2) is 5.78 Å². The number of nitrogens with two attached hydrogens (primary N) is 1. The molecule has 0 aromatic carbocycles. The summed E-state index contributed by atoms with van der Waals surface area (Å²) in [5.74, 6) is 7.04. The molecule has 154 valence electrons. The monoisotopic (exact) mass is 385 g/mol. The van der Waals surface area contributed by atoms with E-state index in [0.717, 1.165) is 38.5 Å². The Kier molecular flexibility index (Phi) is 5.65. The van der Waals surface area contributed by atoms with Crippen molar-refractivity contribution in [3.05, 3.63) is 35.5 Å². The summed E-state index contributed by atoms with van der Waals surface area (Å²) in [6.07, 6.45) is 17.0. The summed E-state index contributed by atoms with van der Waals surface area (Å²) in [4.78, 5) is 17.2. The highest BCUT2D eigenvalue weighted by molar-refractivity contribution is 5.91. The lowest BCUT2D eigenvalue weighted by molar-refractivity contribution is -0.118. The second-order valence-electron chi connectivity index (χ2n) is 9.60. The average Bonchev–Trinajstić information content (AvgIpc) is 2.78. The van der Waals surface area contributed by atoms with Crippen LogP contribution in [0.5, 0.6) is 0 Å². The predicted octanol–water partition coefficient (Wildman–Crippen LogP) is 4.66. The lowest BCUT2D eigenvalue weighted by Gasteiger charge is -2.52. The highest BCUT2D eigenvalue weighted by atomic mass is 16.6. The van der Waals surface area contributed by atoms with Gasteiger partial charge in [0, 0.05) is 17.8 Å². The Morgan fingerprint density at radius 3 is 2.93 bits per heavy atom. The van der Waals surface area contributed by atoms with Crippen molar-refractivity contribution < 1.29 is 14.4 Å². The molecule has 5 unspecified atom stereocenters. The van der Waals surface area contributed by atoms with Gasteiger partial charge in [0.2, 0.25) is 0 Å². The quantitative estimate of drug-likeness (QED) is 0.552. The number of ketones is 1. The Morgan fingerprint density at radius 1 is 1.29 bits per heavy atom. The van der Waals surface area contributed by atoms with Crippen molar-refractivity contribution in [3.8, 4) is 0 Å². The van der Waals surface area contributed by atoms with Crippen molar-refractivity contribution in [3.63, 3.8) is 0 Å². The molecule has 4 rings (SSSR count). The van der Waals surface area contributed by atoms with Crippen molar-refractivity contribution >= 4 is 5.78 Å². The maximum Gasteiger partial charge on any atom is 0.155 e. The van der Waals surface area contributed by atoms with E-state index in [1.54, 1.807) is 5.57 Å². The van der Waals surface area contributed by atoms with E-state index in [4.69, 9.17) is 15.5 Å². The van der Waals surface area contributed by atoms with Crippen molar-refractivity contribution in [2.24, 2.45) is 28.6 Å². The van der Waals surface area contributed by atoms with Crippen molar-refractivity contribution in [2.75, 3.05) is 13.2 Å². The molecule has 4 nitrogen and oxygen atoms in total. The predicted molar refractivity (Wildman–Crippen MR) is 110 cm³/mol. The Balaban J connectivity index is 1.68. The summed E-state index contributed by atoms with van der Waals surface area (Å²) in [5.41, 5.74) is 3.16. The minimum absolute atomic E-state index is 0.0407. The molecule has 2 saturated carbocycles. The fraction of sp³-hybridized carbons (Fsp3) is 0.708. The van der Waals surface area contributed by atoms with E-state index in [1.807, 2.05) is 19.1 Å².